The quantitative estimate of drug-likeness (QED) is 0.787. The monoisotopic (exact) mass is 365 g/mol. The lowest BCUT2D eigenvalue weighted by Crippen LogP contribution is -2.35. The van der Waals surface area contributed by atoms with Crippen LogP contribution in [0.15, 0.2) is 22.7 Å². The van der Waals surface area contributed by atoms with E-state index < -0.39 is 5.82 Å². The number of rotatable bonds is 5. The maximum atomic E-state index is 13.5. The third-order valence-corrected chi connectivity index (χ3v) is 3.41. The van der Waals surface area contributed by atoms with Crippen LogP contribution in [-0.2, 0) is 0 Å². The summed E-state index contributed by atoms with van der Waals surface area (Å²) in [6.07, 6.45) is 1.66. The van der Waals surface area contributed by atoms with Crippen molar-refractivity contribution >= 4 is 37.8 Å². The molecule has 0 saturated carbocycles. The molecule has 0 radical (unpaired) electrons. The second kappa shape index (κ2) is 7.11. The summed E-state index contributed by atoms with van der Waals surface area (Å²) in [5.41, 5.74) is 0.0763. The molecule has 0 fully saturated rings. The van der Waals surface area contributed by atoms with Crippen LogP contribution in [0, 0.1) is 5.82 Å². The highest BCUT2D eigenvalue weighted by Gasteiger charge is 2.15. The molecule has 1 atom stereocenters. The third-order valence-electron chi connectivity index (χ3n) is 2.46. The molecular formula is C12H14Br2FNO. The summed E-state index contributed by atoms with van der Waals surface area (Å²) in [5.74, 6) is -0.865. The van der Waals surface area contributed by atoms with Crippen molar-refractivity contribution in [2.45, 2.75) is 25.8 Å². The Kier molecular flexibility index (Phi) is 6.12. The minimum Gasteiger partial charge on any atom is -0.349 e. The Hall–Kier alpha value is -0.420. The fourth-order valence-electron chi connectivity index (χ4n) is 1.44. The van der Waals surface area contributed by atoms with Crippen molar-refractivity contribution in [2.75, 3.05) is 5.33 Å². The van der Waals surface area contributed by atoms with Gasteiger partial charge in [-0.1, -0.05) is 38.8 Å². The predicted octanol–water partition coefficient (Wildman–Crippen LogP) is 3.88. The first-order chi connectivity index (χ1) is 8.08. The highest BCUT2D eigenvalue weighted by molar-refractivity contribution is 9.10. The fourth-order valence-corrected chi connectivity index (χ4v) is 2.36. The van der Waals surface area contributed by atoms with Gasteiger partial charge in [0, 0.05) is 15.8 Å². The molecule has 0 aliphatic heterocycles. The van der Waals surface area contributed by atoms with Crippen molar-refractivity contribution in [1.29, 1.82) is 0 Å². The number of halogens is 3. The Morgan fingerprint density at radius 2 is 2.24 bits per heavy atom. The molecular weight excluding hydrogens is 353 g/mol. The molecule has 1 aromatic rings. The molecule has 0 spiro atoms. The fraction of sp³-hybridized carbons (Fsp3) is 0.417. The van der Waals surface area contributed by atoms with Crippen LogP contribution in [0.3, 0.4) is 0 Å². The summed E-state index contributed by atoms with van der Waals surface area (Å²) in [7, 11) is 0. The van der Waals surface area contributed by atoms with Gasteiger partial charge in [-0.3, -0.25) is 4.79 Å². The third kappa shape index (κ3) is 4.39. The Morgan fingerprint density at radius 3 is 2.82 bits per heavy atom. The minimum absolute atomic E-state index is 0.0697. The maximum absolute atomic E-state index is 13.5. The van der Waals surface area contributed by atoms with Crippen LogP contribution in [-0.4, -0.2) is 17.3 Å². The molecule has 0 bridgehead atoms. The number of amides is 1. The zero-order valence-electron chi connectivity index (χ0n) is 9.47. The van der Waals surface area contributed by atoms with E-state index in [1.54, 1.807) is 6.07 Å². The molecule has 0 heterocycles. The summed E-state index contributed by atoms with van der Waals surface area (Å²) in [5, 5.41) is 3.63. The SMILES string of the molecule is CCC(CCBr)NC(=O)c1cc(Br)ccc1F. The first-order valence-electron chi connectivity index (χ1n) is 5.40. The summed E-state index contributed by atoms with van der Waals surface area (Å²) in [6, 6.07) is 4.41. The van der Waals surface area contributed by atoms with Crippen LogP contribution >= 0.6 is 31.9 Å². The maximum Gasteiger partial charge on any atom is 0.254 e. The van der Waals surface area contributed by atoms with Gasteiger partial charge in [-0.2, -0.15) is 0 Å². The van der Waals surface area contributed by atoms with Crippen LogP contribution in [0.4, 0.5) is 4.39 Å². The Balaban J connectivity index is 2.78. The normalized spacial score (nSPS) is 12.2. The highest BCUT2D eigenvalue weighted by Crippen LogP contribution is 2.16. The summed E-state index contributed by atoms with van der Waals surface area (Å²) < 4.78 is 14.2. The number of benzene rings is 1. The summed E-state index contributed by atoms with van der Waals surface area (Å²) in [6.45, 7) is 1.99. The molecule has 0 aromatic heterocycles. The Morgan fingerprint density at radius 1 is 1.53 bits per heavy atom. The number of hydrogen-bond acceptors (Lipinski definition) is 1. The van der Waals surface area contributed by atoms with Gasteiger partial charge in [0.1, 0.15) is 5.82 Å². The molecule has 0 saturated heterocycles. The summed E-state index contributed by atoms with van der Waals surface area (Å²) in [4.78, 5) is 11.9. The van der Waals surface area contributed by atoms with E-state index in [2.05, 4.69) is 37.2 Å². The Labute approximate surface area is 117 Å². The average molecular weight is 367 g/mol. The lowest BCUT2D eigenvalue weighted by Gasteiger charge is -2.16. The van der Waals surface area contributed by atoms with Crippen molar-refractivity contribution < 1.29 is 9.18 Å². The first-order valence-corrected chi connectivity index (χ1v) is 7.31. The van der Waals surface area contributed by atoms with Gasteiger partial charge >= 0.3 is 0 Å². The molecule has 94 valence electrons. The smallest absolute Gasteiger partial charge is 0.254 e. The number of carbonyl (C=O) groups excluding carboxylic acids is 1. The zero-order valence-corrected chi connectivity index (χ0v) is 12.6. The standard InChI is InChI=1S/C12H14Br2FNO/c1-2-9(5-6-13)16-12(17)10-7-8(14)3-4-11(10)15/h3-4,7,9H,2,5-6H2,1H3,(H,16,17). The van der Waals surface area contributed by atoms with E-state index in [9.17, 15) is 9.18 Å². The van der Waals surface area contributed by atoms with Crippen molar-refractivity contribution in [1.82, 2.24) is 5.32 Å². The lowest BCUT2D eigenvalue weighted by atomic mass is 10.1. The van der Waals surface area contributed by atoms with E-state index in [1.165, 1.54) is 12.1 Å². The van der Waals surface area contributed by atoms with Gasteiger partial charge < -0.3 is 5.32 Å². The van der Waals surface area contributed by atoms with E-state index in [-0.39, 0.29) is 17.5 Å². The molecule has 5 heteroatoms. The lowest BCUT2D eigenvalue weighted by molar-refractivity contribution is 0.0931. The topological polar surface area (TPSA) is 29.1 Å². The first kappa shape index (κ1) is 14.6. The van der Waals surface area contributed by atoms with E-state index in [4.69, 9.17) is 0 Å². The van der Waals surface area contributed by atoms with Crippen molar-refractivity contribution in [3.05, 3.63) is 34.1 Å². The van der Waals surface area contributed by atoms with Gasteiger partial charge in [-0.05, 0) is 31.0 Å². The van der Waals surface area contributed by atoms with Crippen molar-refractivity contribution in [3.8, 4) is 0 Å². The van der Waals surface area contributed by atoms with E-state index in [1.807, 2.05) is 6.92 Å². The van der Waals surface area contributed by atoms with Gasteiger partial charge in [-0.25, -0.2) is 4.39 Å². The zero-order chi connectivity index (χ0) is 12.8. The minimum atomic E-state index is -0.501. The van der Waals surface area contributed by atoms with Gasteiger partial charge in [0.15, 0.2) is 0 Å². The number of alkyl halides is 1. The van der Waals surface area contributed by atoms with Gasteiger partial charge in [0.2, 0.25) is 0 Å². The van der Waals surface area contributed by atoms with E-state index in [0.29, 0.717) is 4.47 Å². The molecule has 1 rings (SSSR count). The molecule has 0 aliphatic rings. The largest absolute Gasteiger partial charge is 0.349 e. The van der Waals surface area contributed by atoms with Gasteiger partial charge in [0.05, 0.1) is 5.56 Å². The highest BCUT2D eigenvalue weighted by atomic mass is 79.9. The number of nitrogens with one attached hydrogen (secondary N) is 1. The van der Waals surface area contributed by atoms with E-state index >= 15 is 0 Å². The molecule has 1 N–H and O–H groups in total. The second-order valence-electron chi connectivity index (χ2n) is 3.68. The van der Waals surface area contributed by atoms with E-state index in [0.717, 1.165) is 18.2 Å². The molecule has 2 nitrogen and oxygen atoms in total. The second-order valence-corrected chi connectivity index (χ2v) is 5.39. The van der Waals surface area contributed by atoms with Crippen LogP contribution < -0.4 is 5.32 Å². The number of carbonyl (C=O) groups is 1. The van der Waals surface area contributed by atoms with Crippen LogP contribution in [0.2, 0.25) is 0 Å². The molecule has 0 aliphatic carbocycles. The van der Waals surface area contributed by atoms with Crippen LogP contribution in [0.25, 0.3) is 0 Å². The molecule has 1 aromatic carbocycles. The van der Waals surface area contributed by atoms with Crippen molar-refractivity contribution in [2.24, 2.45) is 0 Å². The average Bonchev–Trinajstić information content (AvgIpc) is 2.31. The predicted molar refractivity (Wildman–Crippen MR) is 74.1 cm³/mol. The molecule has 17 heavy (non-hydrogen) atoms. The molecule has 1 unspecified atom stereocenters. The summed E-state index contributed by atoms with van der Waals surface area (Å²) >= 11 is 6.55. The van der Waals surface area contributed by atoms with Gasteiger partial charge in [-0.15, -0.1) is 0 Å². The number of hydrogen-bond donors (Lipinski definition) is 1. The van der Waals surface area contributed by atoms with Crippen molar-refractivity contribution in [3.63, 3.8) is 0 Å². The Bertz CT molecular complexity index is 398. The van der Waals surface area contributed by atoms with Gasteiger partial charge in [0.25, 0.3) is 5.91 Å². The molecule has 1 amide bonds. The van der Waals surface area contributed by atoms with Crippen LogP contribution in [0.5, 0.6) is 0 Å². The van der Waals surface area contributed by atoms with Crippen LogP contribution in [0.1, 0.15) is 30.1 Å².